The van der Waals surface area contributed by atoms with Crippen LogP contribution < -0.4 is 4.74 Å². The summed E-state index contributed by atoms with van der Waals surface area (Å²) in [5.41, 5.74) is 6.84. The first-order chi connectivity index (χ1) is 11.6. The number of ether oxygens (including phenoxy) is 1. The van der Waals surface area contributed by atoms with Crippen molar-refractivity contribution in [2.75, 3.05) is 7.11 Å². The van der Waals surface area contributed by atoms with Gasteiger partial charge >= 0.3 is 0 Å². The lowest BCUT2D eigenvalue weighted by atomic mass is 9.93. The smallest absolute Gasteiger partial charge is 0.123 e. The van der Waals surface area contributed by atoms with E-state index in [0.29, 0.717) is 5.75 Å². The molecule has 3 rings (SSSR count). The maximum Gasteiger partial charge on any atom is 0.123 e. The SMILES string of the molecule is COc1cc(C)c(Cc2ccc(O)c(-c3ccccc3)c2)c(C)c1. The standard InChI is InChI=1S/C22H22O2/c1-15-11-19(24-3)12-16(2)20(15)13-17-9-10-22(23)21(14-17)18-7-5-4-6-8-18/h4-12,14,23H,13H2,1-3H3. The molecule has 0 fully saturated rings. The van der Waals surface area contributed by atoms with Gasteiger partial charge in [0.05, 0.1) is 7.11 Å². The summed E-state index contributed by atoms with van der Waals surface area (Å²) >= 11 is 0. The second-order valence-electron chi connectivity index (χ2n) is 6.13. The summed E-state index contributed by atoms with van der Waals surface area (Å²) in [5, 5.41) is 10.2. The van der Waals surface area contributed by atoms with Crippen LogP contribution >= 0.6 is 0 Å². The van der Waals surface area contributed by atoms with E-state index in [1.807, 2.05) is 36.4 Å². The number of aromatic hydroxyl groups is 1. The van der Waals surface area contributed by atoms with Crippen molar-refractivity contribution in [1.82, 2.24) is 0 Å². The molecule has 0 spiro atoms. The number of hydrogen-bond acceptors (Lipinski definition) is 2. The zero-order chi connectivity index (χ0) is 17.1. The van der Waals surface area contributed by atoms with E-state index < -0.39 is 0 Å². The van der Waals surface area contributed by atoms with Crippen LogP contribution in [0.4, 0.5) is 0 Å². The maximum absolute atomic E-state index is 10.2. The Bertz CT molecular complexity index is 828. The summed E-state index contributed by atoms with van der Waals surface area (Å²) in [4.78, 5) is 0. The van der Waals surface area contributed by atoms with Gasteiger partial charge in [-0.05, 0) is 72.4 Å². The molecule has 0 heterocycles. The lowest BCUT2D eigenvalue weighted by Gasteiger charge is -2.14. The van der Waals surface area contributed by atoms with Crippen molar-refractivity contribution in [3.63, 3.8) is 0 Å². The fourth-order valence-corrected chi connectivity index (χ4v) is 3.10. The quantitative estimate of drug-likeness (QED) is 0.709. The number of phenolic OH excluding ortho intramolecular Hbond substituents is 1. The van der Waals surface area contributed by atoms with Crippen molar-refractivity contribution in [1.29, 1.82) is 0 Å². The van der Waals surface area contributed by atoms with E-state index in [1.165, 1.54) is 22.3 Å². The summed E-state index contributed by atoms with van der Waals surface area (Å²) in [7, 11) is 1.69. The van der Waals surface area contributed by atoms with Crippen molar-refractivity contribution in [3.05, 3.63) is 82.9 Å². The third-order valence-electron chi connectivity index (χ3n) is 4.43. The minimum atomic E-state index is 0.313. The molecule has 2 heteroatoms. The minimum Gasteiger partial charge on any atom is -0.507 e. The number of benzene rings is 3. The molecule has 0 radical (unpaired) electrons. The first-order valence-electron chi connectivity index (χ1n) is 8.10. The Hall–Kier alpha value is -2.74. The number of aryl methyl sites for hydroxylation is 2. The van der Waals surface area contributed by atoms with Crippen LogP contribution in [-0.4, -0.2) is 12.2 Å². The molecule has 0 saturated carbocycles. The van der Waals surface area contributed by atoms with E-state index in [0.717, 1.165) is 23.3 Å². The molecule has 122 valence electrons. The number of methoxy groups -OCH3 is 1. The Balaban J connectivity index is 1.98. The van der Waals surface area contributed by atoms with Gasteiger partial charge in [-0.25, -0.2) is 0 Å². The van der Waals surface area contributed by atoms with E-state index in [1.54, 1.807) is 13.2 Å². The van der Waals surface area contributed by atoms with Gasteiger partial charge in [-0.3, -0.25) is 0 Å². The Labute approximate surface area is 143 Å². The molecule has 0 bridgehead atoms. The van der Waals surface area contributed by atoms with Crippen LogP contribution in [0.2, 0.25) is 0 Å². The molecule has 24 heavy (non-hydrogen) atoms. The van der Waals surface area contributed by atoms with E-state index in [2.05, 4.69) is 32.0 Å². The molecule has 1 N–H and O–H groups in total. The normalized spacial score (nSPS) is 10.6. The summed E-state index contributed by atoms with van der Waals surface area (Å²) in [6.45, 7) is 4.23. The van der Waals surface area contributed by atoms with Crippen molar-refractivity contribution < 1.29 is 9.84 Å². The van der Waals surface area contributed by atoms with Crippen LogP contribution in [0.1, 0.15) is 22.3 Å². The molecular formula is C22H22O2. The van der Waals surface area contributed by atoms with Gasteiger partial charge in [0.2, 0.25) is 0 Å². The largest absolute Gasteiger partial charge is 0.507 e. The first-order valence-corrected chi connectivity index (χ1v) is 8.10. The third-order valence-corrected chi connectivity index (χ3v) is 4.43. The highest BCUT2D eigenvalue weighted by molar-refractivity contribution is 5.70. The van der Waals surface area contributed by atoms with E-state index >= 15 is 0 Å². The number of phenols is 1. The topological polar surface area (TPSA) is 29.5 Å². The molecule has 0 saturated heterocycles. The third kappa shape index (κ3) is 3.28. The van der Waals surface area contributed by atoms with Gasteiger partial charge in [-0.15, -0.1) is 0 Å². The highest BCUT2D eigenvalue weighted by Crippen LogP contribution is 2.31. The van der Waals surface area contributed by atoms with E-state index in [-0.39, 0.29) is 0 Å². The van der Waals surface area contributed by atoms with Gasteiger partial charge in [0.15, 0.2) is 0 Å². The second kappa shape index (κ2) is 6.79. The predicted octanol–water partition coefficient (Wildman–Crippen LogP) is 5.28. The van der Waals surface area contributed by atoms with Gasteiger partial charge in [0, 0.05) is 5.56 Å². The fourth-order valence-electron chi connectivity index (χ4n) is 3.10. The van der Waals surface area contributed by atoms with Crippen molar-refractivity contribution in [2.45, 2.75) is 20.3 Å². The molecule has 0 aliphatic heterocycles. The molecule has 3 aromatic carbocycles. The highest BCUT2D eigenvalue weighted by atomic mass is 16.5. The zero-order valence-corrected chi connectivity index (χ0v) is 14.3. The predicted molar refractivity (Wildman–Crippen MR) is 98.8 cm³/mol. The maximum atomic E-state index is 10.2. The van der Waals surface area contributed by atoms with E-state index in [4.69, 9.17) is 4.74 Å². The Morgan fingerprint density at radius 2 is 1.54 bits per heavy atom. The minimum absolute atomic E-state index is 0.313. The monoisotopic (exact) mass is 318 g/mol. The summed E-state index contributed by atoms with van der Waals surface area (Å²) in [6, 6.07) is 20.0. The summed E-state index contributed by atoms with van der Waals surface area (Å²) in [6.07, 6.45) is 0.835. The van der Waals surface area contributed by atoms with Crippen molar-refractivity contribution in [3.8, 4) is 22.6 Å². The lowest BCUT2D eigenvalue weighted by Crippen LogP contribution is -1.97. The molecule has 0 amide bonds. The molecule has 0 aliphatic rings. The van der Waals surface area contributed by atoms with E-state index in [9.17, 15) is 5.11 Å². The number of hydrogen-bond donors (Lipinski definition) is 1. The van der Waals surface area contributed by atoms with Crippen LogP contribution in [0.5, 0.6) is 11.5 Å². The van der Waals surface area contributed by atoms with Gasteiger partial charge < -0.3 is 9.84 Å². The Morgan fingerprint density at radius 1 is 0.875 bits per heavy atom. The molecule has 0 aliphatic carbocycles. The molecular weight excluding hydrogens is 296 g/mol. The molecule has 0 atom stereocenters. The average molecular weight is 318 g/mol. The van der Waals surface area contributed by atoms with Crippen LogP contribution in [-0.2, 0) is 6.42 Å². The summed E-state index contributed by atoms with van der Waals surface area (Å²) < 4.78 is 5.34. The van der Waals surface area contributed by atoms with Crippen LogP contribution in [0.3, 0.4) is 0 Å². The van der Waals surface area contributed by atoms with Gasteiger partial charge in [-0.2, -0.15) is 0 Å². The molecule has 2 nitrogen and oxygen atoms in total. The first kappa shape index (κ1) is 16.1. The molecule has 0 unspecified atom stereocenters. The van der Waals surface area contributed by atoms with Crippen LogP contribution in [0.25, 0.3) is 11.1 Å². The fraction of sp³-hybridized carbons (Fsp3) is 0.182. The molecule has 0 aromatic heterocycles. The van der Waals surface area contributed by atoms with Crippen LogP contribution in [0.15, 0.2) is 60.7 Å². The van der Waals surface area contributed by atoms with Crippen molar-refractivity contribution >= 4 is 0 Å². The van der Waals surface area contributed by atoms with Crippen LogP contribution in [0, 0.1) is 13.8 Å². The van der Waals surface area contributed by atoms with Gasteiger partial charge in [0.1, 0.15) is 11.5 Å². The number of rotatable bonds is 4. The van der Waals surface area contributed by atoms with Gasteiger partial charge in [-0.1, -0.05) is 36.4 Å². The highest BCUT2D eigenvalue weighted by Gasteiger charge is 2.10. The Morgan fingerprint density at radius 3 is 2.17 bits per heavy atom. The Kier molecular flexibility index (Phi) is 4.57. The molecule has 3 aromatic rings. The van der Waals surface area contributed by atoms with Gasteiger partial charge in [0.25, 0.3) is 0 Å². The second-order valence-corrected chi connectivity index (χ2v) is 6.13. The van der Waals surface area contributed by atoms with Crippen molar-refractivity contribution in [2.24, 2.45) is 0 Å². The lowest BCUT2D eigenvalue weighted by molar-refractivity contribution is 0.414. The zero-order valence-electron chi connectivity index (χ0n) is 14.3. The summed E-state index contributed by atoms with van der Waals surface area (Å²) in [5.74, 6) is 1.21. The average Bonchev–Trinajstić information content (AvgIpc) is 2.60.